The van der Waals surface area contributed by atoms with Gasteiger partial charge in [-0.15, -0.1) is 0 Å². The van der Waals surface area contributed by atoms with Crippen LogP contribution in [0.3, 0.4) is 0 Å². The molecule has 0 bridgehead atoms. The Kier molecular flexibility index (Phi) is 7.10. The molecular weight excluding hydrogens is 463 g/mol. The minimum Gasteiger partial charge on any atom is -0.416 e. The number of fused-ring (bicyclic) bond motifs is 2. The summed E-state index contributed by atoms with van der Waals surface area (Å²) in [4.78, 5) is 0. The summed E-state index contributed by atoms with van der Waals surface area (Å²) < 4.78 is 27.1. The Balaban J connectivity index is 1.71. The Hall–Kier alpha value is -1.73. The first kappa shape index (κ1) is 25.9. The van der Waals surface area contributed by atoms with Gasteiger partial charge in [0.05, 0.1) is 6.66 Å². The Bertz CT molecular complexity index is 1080. The second-order valence-corrected chi connectivity index (χ2v) is 14.3. The van der Waals surface area contributed by atoms with E-state index in [0.717, 1.165) is 56.4 Å². The molecule has 5 rings (SSSR count). The fourth-order valence-corrected chi connectivity index (χ4v) is 8.18. The topological polar surface area (TPSA) is 35.5 Å². The third-order valence-corrected chi connectivity index (χ3v) is 10.4. The zero-order chi connectivity index (χ0) is 25.6. The molecule has 1 heterocycles. The van der Waals surface area contributed by atoms with Crippen LogP contribution in [0.1, 0.15) is 125 Å². The van der Waals surface area contributed by atoms with Gasteiger partial charge in [-0.2, -0.15) is 0 Å². The molecule has 0 spiro atoms. The average molecular weight is 509 g/mol. The van der Waals surface area contributed by atoms with Crippen molar-refractivity contribution < 1.29 is 13.6 Å². The zero-order valence-electron chi connectivity index (χ0n) is 23.2. The molecule has 2 fully saturated rings. The number of rotatable bonds is 4. The molecule has 0 radical (unpaired) electrons. The smallest absolute Gasteiger partial charge is 0.416 e. The van der Waals surface area contributed by atoms with Gasteiger partial charge in [-0.05, 0) is 71.6 Å². The van der Waals surface area contributed by atoms with E-state index >= 15 is 0 Å². The van der Waals surface area contributed by atoms with Crippen LogP contribution in [0.5, 0.6) is 11.5 Å². The van der Waals surface area contributed by atoms with Gasteiger partial charge < -0.3 is 9.05 Å². The minimum absolute atomic E-state index is 0.0571. The molecule has 2 aromatic carbocycles. The van der Waals surface area contributed by atoms with E-state index in [1.807, 2.05) is 0 Å². The highest BCUT2D eigenvalue weighted by Gasteiger charge is 2.39. The second kappa shape index (κ2) is 9.86. The third-order valence-electron chi connectivity index (χ3n) is 9.38. The summed E-state index contributed by atoms with van der Waals surface area (Å²) in [7, 11) is -3.39. The summed E-state index contributed by atoms with van der Waals surface area (Å²) in [5, 5.41) is 0. The summed E-state index contributed by atoms with van der Waals surface area (Å²) in [6.45, 7) is 10.9. The maximum atomic E-state index is 14.1. The quantitative estimate of drug-likeness (QED) is 0.386. The summed E-state index contributed by atoms with van der Waals surface area (Å²) in [6.07, 6.45) is 14.9. The Morgan fingerprint density at radius 1 is 0.694 bits per heavy atom. The molecule has 0 N–H and O–H groups in total. The van der Waals surface area contributed by atoms with Crippen molar-refractivity contribution in [3.05, 3.63) is 57.6 Å². The van der Waals surface area contributed by atoms with Gasteiger partial charge >= 0.3 is 7.60 Å². The largest absolute Gasteiger partial charge is 0.427 e. The summed E-state index contributed by atoms with van der Waals surface area (Å²) >= 11 is 0. The summed E-state index contributed by atoms with van der Waals surface area (Å²) in [5.74, 6) is 1.67. The molecule has 3 aliphatic rings. The van der Waals surface area contributed by atoms with Gasteiger partial charge in [0.25, 0.3) is 0 Å². The predicted molar refractivity (Wildman–Crippen MR) is 150 cm³/mol. The fraction of sp³-hybridized carbons (Fsp3) is 0.625. The second-order valence-electron chi connectivity index (χ2n) is 12.3. The van der Waals surface area contributed by atoms with Gasteiger partial charge in [-0.1, -0.05) is 90.5 Å². The lowest BCUT2D eigenvalue weighted by molar-refractivity contribution is 0.302. The molecule has 3 nitrogen and oxygen atoms in total. The standard InChI is InChI=1S/C32H45O3P/c1-6-23-18-25-22-26-19-24(7-2)21-28(32(4)16-12-9-13-17-32)30(26)35-36(5,33)34-29(25)27(20-23)31(3)14-10-8-11-15-31/h18-21H,6-17,22H2,1-5H3. The SMILES string of the molecule is CCc1cc2c(c(C3(C)CCCCC3)c1)OP(C)(=O)Oc1c(cc(CC)cc1C1(C)CCCCC1)C2. The predicted octanol–water partition coefficient (Wildman–Crippen LogP) is 9.44. The van der Waals surface area contributed by atoms with Crippen LogP contribution in [0.4, 0.5) is 0 Å². The van der Waals surface area contributed by atoms with E-state index in [9.17, 15) is 4.57 Å². The molecule has 196 valence electrons. The van der Waals surface area contributed by atoms with Crippen molar-refractivity contribution in [3.8, 4) is 11.5 Å². The zero-order valence-corrected chi connectivity index (χ0v) is 24.1. The van der Waals surface area contributed by atoms with Gasteiger partial charge in [-0.3, -0.25) is 0 Å². The Labute approximate surface area is 218 Å². The Morgan fingerprint density at radius 2 is 1.08 bits per heavy atom. The molecule has 0 amide bonds. The van der Waals surface area contributed by atoms with E-state index < -0.39 is 7.60 Å². The van der Waals surface area contributed by atoms with E-state index in [1.165, 1.54) is 71.9 Å². The number of hydrogen-bond acceptors (Lipinski definition) is 3. The third kappa shape index (κ3) is 4.90. The van der Waals surface area contributed by atoms with E-state index in [4.69, 9.17) is 9.05 Å². The van der Waals surface area contributed by atoms with Crippen LogP contribution in [0.2, 0.25) is 0 Å². The lowest BCUT2D eigenvalue weighted by Crippen LogP contribution is -2.28. The molecule has 0 saturated heterocycles. The van der Waals surface area contributed by atoms with E-state index in [1.54, 1.807) is 6.66 Å². The maximum Gasteiger partial charge on any atom is 0.427 e. The van der Waals surface area contributed by atoms with E-state index in [2.05, 4.69) is 52.0 Å². The van der Waals surface area contributed by atoms with Crippen molar-refractivity contribution in [1.29, 1.82) is 0 Å². The Morgan fingerprint density at radius 3 is 1.44 bits per heavy atom. The van der Waals surface area contributed by atoms with Crippen LogP contribution in [0.25, 0.3) is 0 Å². The number of benzene rings is 2. The van der Waals surface area contributed by atoms with Gasteiger partial charge in [0.1, 0.15) is 11.5 Å². The van der Waals surface area contributed by atoms with Crippen LogP contribution in [-0.2, 0) is 34.7 Å². The molecule has 4 heteroatoms. The molecule has 2 aliphatic carbocycles. The van der Waals surface area contributed by atoms with Crippen LogP contribution in [0, 0.1) is 0 Å². The lowest BCUT2D eigenvalue weighted by atomic mass is 9.69. The first-order valence-electron chi connectivity index (χ1n) is 14.5. The van der Waals surface area contributed by atoms with Crippen molar-refractivity contribution in [1.82, 2.24) is 0 Å². The number of aryl methyl sites for hydroxylation is 2. The van der Waals surface area contributed by atoms with Crippen LogP contribution in [-0.4, -0.2) is 6.66 Å². The van der Waals surface area contributed by atoms with Crippen LogP contribution < -0.4 is 9.05 Å². The monoisotopic (exact) mass is 508 g/mol. The molecule has 2 saturated carbocycles. The summed E-state index contributed by atoms with van der Waals surface area (Å²) in [5.41, 5.74) is 7.65. The highest BCUT2D eigenvalue weighted by molar-refractivity contribution is 7.53. The summed E-state index contributed by atoms with van der Waals surface area (Å²) in [6, 6.07) is 9.29. The first-order chi connectivity index (χ1) is 17.2. The molecule has 0 aromatic heterocycles. The molecule has 1 aliphatic heterocycles. The van der Waals surface area contributed by atoms with Crippen molar-refractivity contribution in [2.75, 3.05) is 6.66 Å². The minimum atomic E-state index is -3.39. The van der Waals surface area contributed by atoms with Crippen molar-refractivity contribution >= 4 is 7.60 Å². The first-order valence-corrected chi connectivity index (χ1v) is 16.4. The van der Waals surface area contributed by atoms with Crippen molar-refractivity contribution in [2.24, 2.45) is 0 Å². The van der Waals surface area contributed by atoms with Crippen molar-refractivity contribution in [3.63, 3.8) is 0 Å². The van der Waals surface area contributed by atoms with E-state index in [0.29, 0.717) is 0 Å². The maximum absolute atomic E-state index is 14.1. The van der Waals surface area contributed by atoms with Crippen LogP contribution in [0.15, 0.2) is 24.3 Å². The molecule has 2 aromatic rings. The van der Waals surface area contributed by atoms with Gasteiger partial charge in [-0.25, -0.2) is 4.57 Å². The van der Waals surface area contributed by atoms with Gasteiger partial charge in [0.15, 0.2) is 0 Å². The highest BCUT2D eigenvalue weighted by Crippen LogP contribution is 2.56. The average Bonchev–Trinajstić information content (AvgIpc) is 2.85. The fourth-order valence-electron chi connectivity index (χ4n) is 7.05. The lowest BCUT2D eigenvalue weighted by Gasteiger charge is -2.39. The van der Waals surface area contributed by atoms with E-state index in [-0.39, 0.29) is 10.8 Å². The van der Waals surface area contributed by atoms with Crippen molar-refractivity contribution in [2.45, 2.75) is 122 Å². The van der Waals surface area contributed by atoms with Gasteiger partial charge in [0, 0.05) is 17.5 Å². The normalized spacial score (nSPS) is 22.2. The molecular formula is C32H45O3P. The molecule has 0 unspecified atom stereocenters. The van der Waals surface area contributed by atoms with Crippen LogP contribution >= 0.6 is 7.60 Å². The molecule has 36 heavy (non-hydrogen) atoms. The molecule has 0 atom stereocenters. The highest BCUT2D eigenvalue weighted by atomic mass is 31.2. The number of hydrogen-bond donors (Lipinski definition) is 0. The van der Waals surface area contributed by atoms with Gasteiger partial charge in [0.2, 0.25) is 0 Å².